The van der Waals surface area contributed by atoms with Crippen molar-refractivity contribution in [2.75, 3.05) is 13.9 Å². The maximum atomic E-state index is 6.45. The van der Waals surface area contributed by atoms with E-state index in [1.165, 1.54) is 21.5 Å². The van der Waals surface area contributed by atoms with Crippen LogP contribution < -0.4 is 10.2 Å². The number of hydrogen-bond donors (Lipinski definition) is 0. The van der Waals surface area contributed by atoms with Crippen LogP contribution in [0.3, 0.4) is 0 Å². The lowest BCUT2D eigenvalue weighted by Gasteiger charge is -2.32. The van der Waals surface area contributed by atoms with Crippen LogP contribution in [0.1, 0.15) is 33.3 Å². The third kappa shape index (κ3) is 3.78. The van der Waals surface area contributed by atoms with Gasteiger partial charge in [-0.05, 0) is 68.3 Å². The van der Waals surface area contributed by atoms with Gasteiger partial charge in [0.2, 0.25) is 0 Å². The highest BCUT2D eigenvalue weighted by Crippen LogP contribution is 2.43. The number of benzene rings is 4. The largest absolute Gasteiger partial charge is 0.498 e. The Bertz CT molecular complexity index is 1310. The van der Waals surface area contributed by atoms with Gasteiger partial charge >= 0.3 is 7.12 Å². The van der Waals surface area contributed by atoms with Gasteiger partial charge in [0.15, 0.2) is 6.79 Å². The normalized spacial score (nSPS) is 16.9. The molecule has 0 spiro atoms. The van der Waals surface area contributed by atoms with Gasteiger partial charge in [-0.1, -0.05) is 60.2 Å². The highest BCUT2D eigenvalue weighted by atomic mass is 16.7. The Morgan fingerprint density at radius 3 is 1.91 bits per heavy atom. The minimum Gasteiger partial charge on any atom is -0.467 e. The van der Waals surface area contributed by atoms with E-state index in [0.717, 1.165) is 27.9 Å². The fourth-order valence-corrected chi connectivity index (χ4v) is 4.71. The third-order valence-electron chi connectivity index (χ3n) is 7.13. The summed E-state index contributed by atoms with van der Waals surface area (Å²) in [6, 6.07) is 23.5. The van der Waals surface area contributed by atoms with E-state index in [1.54, 1.807) is 7.11 Å². The Labute approximate surface area is 201 Å². The van der Waals surface area contributed by atoms with E-state index < -0.39 is 18.3 Å². The number of aryl methyl sites for hydroxylation is 1. The first-order valence-electron chi connectivity index (χ1n) is 11.7. The highest BCUT2D eigenvalue weighted by molar-refractivity contribution is 6.63. The molecular weight excluding hydrogens is 423 g/mol. The quantitative estimate of drug-likeness (QED) is 0.203. The Hall–Kier alpha value is -2.86. The van der Waals surface area contributed by atoms with Crippen LogP contribution >= 0.6 is 0 Å². The van der Waals surface area contributed by atoms with Gasteiger partial charge in [0.1, 0.15) is 5.75 Å². The van der Waals surface area contributed by atoms with Crippen LogP contribution in [-0.4, -0.2) is 32.2 Å². The van der Waals surface area contributed by atoms with E-state index in [9.17, 15) is 0 Å². The van der Waals surface area contributed by atoms with Crippen LogP contribution in [0.2, 0.25) is 0 Å². The minimum atomic E-state index is -0.545. The molecular formula is C29H31BO4. The molecule has 1 fully saturated rings. The lowest BCUT2D eigenvalue weighted by molar-refractivity contribution is 0.00578. The van der Waals surface area contributed by atoms with E-state index in [4.69, 9.17) is 18.8 Å². The fourth-order valence-electron chi connectivity index (χ4n) is 4.71. The SMILES string of the molecule is COCOc1c(B2OC(C)(C)C(C)(C)O2)cc(C)cc1-c1c2ccccc2cc2ccccc12. The smallest absolute Gasteiger partial charge is 0.467 e. The molecule has 0 N–H and O–H groups in total. The molecule has 1 heterocycles. The van der Waals surface area contributed by atoms with Crippen molar-refractivity contribution in [3.63, 3.8) is 0 Å². The van der Waals surface area contributed by atoms with Crippen molar-refractivity contribution in [2.24, 2.45) is 0 Å². The van der Waals surface area contributed by atoms with Crippen LogP contribution in [0.5, 0.6) is 5.75 Å². The first kappa shape index (κ1) is 22.9. The van der Waals surface area contributed by atoms with Crippen molar-refractivity contribution < 1.29 is 18.8 Å². The van der Waals surface area contributed by atoms with Crippen LogP contribution in [-0.2, 0) is 14.0 Å². The summed E-state index contributed by atoms with van der Waals surface area (Å²) in [6.45, 7) is 10.5. The van der Waals surface area contributed by atoms with Crippen LogP contribution in [0.4, 0.5) is 0 Å². The molecule has 174 valence electrons. The van der Waals surface area contributed by atoms with Crippen molar-refractivity contribution in [3.8, 4) is 16.9 Å². The van der Waals surface area contributed by atoms with Crippen LogP contribution in [0.15, 0.2) is 66.7 Å². The van der Waals surface area contributed by atoms with Gasteiger partial charge in [0.25, 0.3) is 0 Å². The lowest BCUT2D eigenvalue weighted by Crippen LogP contribution is -2.41. The molecule has 4 aromatic rings. The summed E-state index contributed by atoms with van der Waals surface area (Å²) in [6.07, 6.45) is 0. The number of ether oxygens (including phenoxy) is 2. The fraction of sp³-hybridized carbons (Fsp3) is 0.310. The lowest BCUT2D eigenvalue weighted by atomic mass is 9.75. The van der Waals surface area contributed by atoms with Crippen molar-refractivity contribution in [3.05, 3.63) is 72.3 Å². The summed E-state index contributed by atoms with van der Waals surface area (Å²) in [5.41, 5.74) is 3.23. The van der Waals surface area contributed by atoms with Gasteiger partial charge in [0, 0.05) is 23.7 Å². The molecule has 5 heteroatoms. The zero-order valence-corrected chi connectivity index (χ0v) is 20.8. The molecule has 0 unspecified atom stereocenters. The molecule has 1 aliphatic heterocycles. The van der Waals surface area contributed by atoms with Crippen molar-refractivity contribution >= 4 is 34.1 Å². The Balaban J connectivity index is 1.82. The van der Waals surface area contributed by atoms with Crippen LogP contribution in [0.25, 0.3) is 32.7 Å². The molecule has 0 atom stereocenters. The molecule has 4 nitrogen and oxygen atoms in total. The molecule has 1 saturated heterocycles. The third-order valence-corrected chi connectivity index (χ3v) is 7.13. The topological polar surface area (TPSA) is 36.9 Å². The predicted molar refractivity (Wildman–Crippen MR) is 140 cm³/mol. The van der Waals surface area contributed by atoms with Crippen molar-refractivity contribution in [1.29, 1.82) is 0 Å². The Morgan fingerprint density at radius 1 is 0.794 bits per heavy atom. The van der Waals surface area contributed by atoms with Crippen LogP contribution in [0, 0.1) is 6.92 Å². The summed E-state index contributed by atoms with van der Waals surface area (Å²) in [4.78, 5) is 0. The number of fused-ring (bicyclic) bond motifs is 2. The molecule has 5 rings (SSSR count). The number of methoxy groups -OCH3 is 1. The summed E-state index contributed by atoms with van der Waals surface area (Å²) in [7, 11) is 1.09. The van der Waals surface area contributed by atoms with E-state index in [2.05, 4.69) is 101 Å². The van der Waals surface area contributed by atoms with Gasteiger partial charge in [-0.25, -0.2) is 0 Å². The van der Waals surface area contributed by atoms with Crippen molar-refractivity contribution in [2.45, 2.75) is 45.8 Å². The highest BCUT2D eigenvalue weighted by Gasteiger charge is 2.52. The second-order valence-corrected chi connectivity index (χ2v) is 10.1. The second kappa shape index (κ2) is 8.42. The van der Waals surface area contributed by atoms with Gasteiger partial charge < -0.3 is 18.8 Å². The number of rotatable bonds is 5. The van der Waals surface area contributed by atoms with E-state index in [1.807, 2.05) is 0 Å². The zero-order valence-electron chi connectivity index (χ0n) is 20.8. The summed E-state index contributed by atoms with van der Waals surface area (Å²) in [5, 5.41) is 4.73. The number of hydrogen-bond acceptors (Lipinski definition) is 4. The van der Waals surface area contributed by atoms with E-state index in [-0.39, 0.29) is 6.79 Å². The summed E-state index contributed by atoms with van der Waals surface area (Å²) < 4.78 is 24.5. The zero-order chi connectivity index (χ0) is 24.1. The molecule has 1 aliphatic rings. The van der Waals surface area contributed by atoms with Crippen molar-refractivity contribution in [1.82, 2.24) is 0 Å². The van der Waals surface area contributed by atoms with Gasteiger partial charge in [-0.2, -0.15) is 0 Å². The van der Waals surface area contributed by atoms with Gasteiger partial charge in [0.05, 0.1) is 11.2 Å². The first-order valence-corrected chi connectivity index (χ1v) is 11.7. The molecule has 0 aliphatic carbocycles. The summed E-state index contributed by atoms with van der Waals surface area (Å²) >= 11 is 0. The maximum absolute atomic E-state index is 6.45. The monoisotopic (exact) mass is 454 g/mol. The molecule has 4 aromatic carbocycles. The predicted octanol–water partition coefficient (Wildman–Crippen LogP) is 6.25. The van der Waals surface area contributed by atoms with Gasteiger partial charge in [-0.3, -0.25) is 0 Å². The Kier molecular flexibility index (Phi) is 5.67. The molecule has 34 heavy (non-hydrogen) atoms. The Morgan fingerprint density at radius 2 is 1.35 bits per heavy atom. The first-order chi connectivity index (χ1) is 16.2. The molecule has 0 saturated carbocycles. The molecule has 0 radical (unpaired) electrons. The minimum absolute atomic E-state index is 0.130. The molecule has 0 amide bonds. The standard InChI is InChI=1S/C29H31BO4/c1-19-15-24(26-22-13-9-7-11-20(22)17-21-12-8-10-14-23(21)26)27(32-18-31-6)25(16-19)30-33-28(2,3)29(4,5)34-30/h7-17H,18H2,1-6H3. The summed E-state index contributed by atoms with van der Waals surface area (Å²) in [5.74, 6) is 0.729. The van der Waals surface area contributed by atoms with E-state index >= 15 is 0 Å². The van der Waals surface area contributed by atoms with Gasteiger partial charge in [-0.15, -0.1) is 0 Å². The molecule has 0 aromatic heterocycles. The maximum Gasteiger partial charge on any atom is 0.498 e. The average molecular weight is 454 g/mol. The van der Waals surface area contributed by atoms with E-state index in [0.29, 0.717) is 0 Å². The second-order valence-electron chi connectivity index (χ2n) is 10.1. The average Bonchev–Trinajstić information content (AvgIpc) is 3.02. The molecule has 0 bridgehead atoms.